The van der Waals surface area contributed by atoms with Gasteiger partial charge in [0.25, 0.3) is 0 Å². The maximum absolute atomic E-state index is 11.7. The van der Waals surface area contributed by atoms with E-state index in [0.717, 1.165) is 11.1 Å². The van der Waals surface area contributed by atoms with Gasteiger partial charge in [-0.15, -0.1) is 0 Å². The molecule has 3 rings (SSSR count). The lowest BCUT2D eigenvalue weighted by molar-refractivity contribution is -0.122. The van der Waals surface area contributed by atoms with Crippen molar-refractivity contribution >= 4 is 11.8 Å². The third-order valence-corrected chi connectivity index (χ3v) is 4.66. The Balaban J connectivity index is 1.98. The minimum Gasteiger partial charge on any atom is -0.352 e. The fourth-order valence-electron chi connectivity index (χ4n) is 3.76. The summed E-state index contributed by atoms with van der Waals surface area (Å²) >= 11 is 0. The van der Waals surface area contributed by atoms with Crippen molar-refractivity contribution in [2.45, 2.75) is 37.8 Å². The van der Waals surface area contributed by atoms with Crippen LogP contribution in [-0.2, 0) is 9.59 Å². The number of carbonyl (C=O) groups excluding carboxylic acids is 2. The summed E-state index contributed by atoms with van der Waals surface area (Å²) < 4.78 is 0. The highest BCUT2D eigenvalue weighted by atomic mass is 16.2. The molecule has 1 aliphatic carbocycles. The van der Waals surface area contributed by atoms with Crippen LogP contribution in [0.15, 0.2) is 60.7 Å². The van der Waals surface area contributed by atoms with Crippen LogP contribution in [0, 0.1) is 0 Å². The van der Waals surface area contributed by atoms with Gasteiger partial charge in [-0.2, -0.15) is 0 Å². The first kappa shape index (κ1) is 16.2. The Morgan fingerprint density at radius 1 is 0.667 bits per heavy atom. The van der Waals surface area contributed by atoms with Crippen molar-refractivity contribution in [3.8, 4) is 0 Å². The zero-order valence-electron chi connectivity index (χ0n) is 13.9. The molecular formula is C20H22N2O2. The molecule has 1 fully saturated rings. The minimum atomic E-state index is -0.0527. The van der Waals surface area contributed by atoms with Gasteiger partial charge in [0.1, 0.15) is 0 Å². The Morgan fingerprint density at radius 2 is 1.00 bits per heavy atom. The van der Waals surface area contributed by atoms with Gasteiger partial charge in [-0.1, -0.05) is 60.7 Å². The molecule has 0 unspecified atom stereocenters. The average Bonchev–Trinajstić information content (AvgIpc) is 2.55. The third kappa shape index (κ3) is 3.18. The number of benzene rings is 2. The van der Waals surface area contributed by atoms with Gasteiger partial charge in [0.05, 0.1) is 0 Å². The first-order chi connectivity index (χ1) is 11.6. The molecule has 124 valence electrons. The predicted octanol–water partition coefficient (Wildman–Crippen LogP) is 2.58. The number of nitrogens with one attached hydrogen (secondary N) is 2. The highest BCUT2D eigenvalue weighted by molar-refractivity contribution is 5.76. The summed E-state index contributed by atoms with van der Waals surface area (Å²) in [6.45, 7) is 3.08. The lowest BCUT2D eigenvalue weighted by Crippen LogP contribution is -2.65. The molecule has 0 aliphatic heterocycles. The number of hydrogen-bond donors (Lipinski definition) is 2. The monoisotopic (exact) mass is 322 g/mol. The van der Waals surface area contributed by atoms with Gasteiger partial charge in [0.2, 0.25) is 11.8 Å². The molecule has 0 radical (unpaired) electrons. The van der Waals surface area contributed by atoms with Gasteiger partial charge in [0, 0.05) is 37.8 Å². The Hall–Kier alpha value is -2.62. The molecule has 0 aromatic heterocycles. The van der Waals surface area contributed by atoms with E-state index in [-0.39, 0.29) is 35.7 Å². The van der Waals surface area contributed by atoms with E-state index in [1.54, 1.807) is 0 Å². The zero-order valence-corrected chi connectivity index (χ0v) is 13.9. The smallest absolute Gasteiger partial charge is 0.217 e. The molecule has 0 heterocycles. The van der Waals surface area contributed by atoms with Crippen LogP contribution < -0.4 is 10.6 Å². The molecule has 1 saturated carbocycles. The van der Waals surface area contributed by atoms with Crippen molar-refractivity contribution in [3.63, 3.8) is 0 Å². The third-order valence-electron chi connectivity index (χ3n) is 4.66. The molecule has 0 saturated heterocycles. The average molecular weight is 322 g/mol. The summed E-state index contributed by atoms with van der Waals surface area (Å²) in [7, 11) is 0. The SMILES string of the molecule is CC(=O)NC1C(c2ccccc2)C(NC(C)=O)C1c1ccccc1. The minimum absolute atomic E-state index is 0.0378. The summed E-state index contributed by atoms with van der Waals surface area (Å²) in [6.07, 6.45) is 0. The summed E-state index contributed by atoms with van der Waals surface area (Å²) in [4.78, 5) is 23.5. The van der Waals surface area contributed by atoms with E-state index in [0.29, 0.717) is 0 Å². The van der Waals surface area contributed by atoms with Gasteiger partial charge in [-0.05, 0) is 11.1 Å². The molecule has 4 nitrogen and oxygen atoms in total. The van der Waals surface area contributed by atoms with Crippen LogP contribution in [-0.4, -0.2) is 23.9 Å². The van der Waals surface area contributed by atoms with Crippen molar-refractivity contribution in [1.29, 1.82) is 0 Å². The highest BCUT2D eigenvalue weighted by Crippen LogP contribution is 2.48. The van der Waals surface area contributed by atoms with Crippen molar-refractivity contribution < 1.29 is 9.59 Å². The van der Waals surface area contributed by atoms with Crippen LogP contribution >= 0.6 is 0 Å². The summed E-state index contributed by atoms with van der Waals surface area (Å²) in [6, 6.07) is 20.0. The topological polar surface area (TPSA) is 58.2 Å². The standard InChI is InChI=1S/C20H22N2O2/c1-13(23)21-19-17(15-9-5-3-6-10-15)20(22-14(2)24)18(19)16-11-7-4-8-12-16/h3-12,17-20H,1-2H3,(H,21,23)(H,22,24). The van der Waals surface area contributed by atoms with Gasteiger partial charge in [0.15, 0.2) is 0 Å². The van der Waals surface area contributed by atoms with Crippen LogP contribution in [0.4, 0.5) is 0 Å². The lowest BCUT2D eigenvalue weighted by Gasteiger charge is -2.52. The summed E-state index contributed by atoms with van der Waals surface area (Å²) in [5, 5.41) is 6.18. The van der Waals surface area contributed by atoms with Gasteiger partial charge in [-0.25, -0.2) is 0 Å². The van der Waals surface area contributed by atoms with Crippen molar-refractivity contribution in [2.24, 2.45) is 0 Å². The highest BCUT2D eigenvalue weighted by Gasteiger charge is 2.52. The first-order valence-corrected chi connectivity index (χ1v) is 8.22. The van der Waals surface area contributed by atoms with Gasteiger partial charge < -0.3 is 10.6 Å². The second kappa shape index (κ2) is 6.87. The molecule has 4 heteroatoms. The second-order valence-corrected chi connectivity index (χ2v) is 6.33. The van der Waals surface area contributed by atoms with E-state index in [9.17, 15) is 9.59 Å². The Morgan fingerprint density at radius 3 is 1.29 bits per heavy atom. The molecule has 2 amide bonds. The quantitative estimate of drug-likeness (QED) is 0.909. The molecule has 1 aliphatic rings. The number of amides is 2. The van der Waals surface area contributed by atoms with E-state index in [1.165, 1.54) is 13.8 Å². The first-order valence-electron chi connectivity index (χ1n) is 8.22. The Labute approximate surface area is 142 Å². The molecule has 0 bridgehead atoms. The second-order valence-electron chi connectivity index (χ2n) is 6.33. The van der Waals surface area contributed by atoms with Crippen molar-refractivity contribution in [2.75, 3.05) is 0 Å². The zero-order chi connectivity index (χ0) is 17.1. The number of hydrogen-bond acceptors (Lipinski definition) is 2. The fourth-order valence-corrected chi connectivity index (χ4v) is 3.76. The lowest BCUT2D eigenvalue weighted by atomic mass is 9.60. The molecular weight excluding hydrogens is 300 g/mol. The summed E-state index contributed by atoms with van der Waals surface area (Å²) in [5.74, 6) is 0.0136. The normalized spacial score (nSPS) is 25.4. The van der Waals surface area contributed by atoms with Gasteiger partial charge in [-0.3, -0.25) is 9.59 Å². The maximum Gasteiger partial charge on any atom is 0.217 e. The van der Waals surface area contributed by atoms with E-state index in [1.807, 2.05) is 36.4 Å². The van der Waals surface area contributed by atoms with E-state index in [2.05, 4.69) is 34.9 Å². The molecule has 0 atom stereocenters. The Kier molecular flexibility index (Phi) is 4.65. The van der Waals surface area contributed by atoms with Crippen LogP contribution in [0.2, 0.25) is 0 Å². The van der Waals surface area contributed by atoms with Crippen LogP contribution in [0.5, 0.6) is 0 Å². The van der Waals surface area contributed by atoms with Crippen LogP contribution in [0.3, 0.4) is 0 Å². The molecule has 2 aromatic rings. The van der Waals surface area contributed by atoms with Gasteiger partial charge >= 0.3 is 0 Å². The van der Waals surface area contributed by atoms with Crippen molar-refractivity contribution in [3.05, 3.63) is 71.8 Å². The molecule has 0 spiro atoms. The van der Waals surface area contributed by atoms with Crippen molar-refractivity contribution in [1.82, 2.24) is 10.6 Å². The molecule has 2 aromatic carbocycles. The maximum atomic E-state index is 11.7. The molecule has 2 N–H and O–H groups in total. The molecule has 24 heavy (non-hydrogen) atoms. The predicted molar refractivity (Wildman–Crippen MR) is 93.6 cm³/mol. The number of rotatable bonds is 4. The van der Waals surface area contributed by atoms with E-state index < -0.39 is 0 Å². The van der Waals surface area contributed by atoms with Crippen LogP contribution in [0.1, 0.15) is 36.8 Å². The van der Waals surface area contributed by atoms with E-state index >= 15 is 0 Å². The largest absolute Gasteiger partial charge is 0.352 e. The fraction of sp³-hybridized carbons (Fsp3) is 0.300. The summed E-state index contributed by atoms with van der Waals surface area (Å²) in [5.41, 5.74) is 2.25. The number of carbonyl (C=O) groups is 2. The Bertz CT molecular complexity index is 643. The van der Waals surface area contributed by atoms with Crippen LogP contribution in [0.25, 0.3) is 0 Å². The van der Waals surface area contributed by atoms with E-state index in [4.69, 9.17) is 0 Å².